The van der Waals surface area contributed by atoms with Crippen LogP contribution in [0.25, 0.3) is 10.8 Å². The summed E-state index contributed by atoms with van der Waals surface area (Å²) < 4.78 is 0. The molecule has 18 heavy (non-hydrogen) atoms. The minimum absolute atomic E-state index is 0.178. The number of benzene rings is 2. The van der Waals surface area contributed by atoms with E-state index in [0.29, 0.717) is 12.3 Å². The Hall–Kier alpha value is -1.54. The zero-order chi connectivity index (χ0) is 12.5. The first-order valence-corrected chi connectivity index (χ1v) is 6.67. The monoisotopic (exact) mass is 259 g/mol. The molecule has 1 unspecified atom stereocenters. The van der Waals surface area contributed by atoms with Crippen LogP contribution >= 0.6 is 11.6 Å². The van der Waals surface area contributed by atoms with E-state index in [9.17, 15) is 4.79 Å². The van der Waals surface area contributed by atoms with Crippen LogP contribution in [0.3, 0.4) is 0 Å². The molecule has 0 saturated carbocycles. The molecule has 0 radical (unpaired) electrons. The lowest BCUT2D eigenvalue weighted by atomic mass is 10.1. The summed E-state index contributed by atoms with van der Waals surface area (Å²) in [6, 6.07) is 14.2. The van der Waals surface area contributed by atoms with Gasteiger partial charge in [0.1, 0.15) is 0 Å². The number of hydrogen-bond donors (Lipinski definition) is 0. The van der Waals surface area contributed by atoms with Crippen LogP contribution in [0.4, 0.5) is 5.69 Å². The molecular formula is C15H14ClNO. The van der Waals surface area contributed by atoms with Crippen LogP contribution in [-0.2, 0) is 4.79 Å². The van der Waals surface area contributed by atoms with Gasteiger partial charge in [-0.3, -0.25) is 4.79 Å². The third-order valence-corrected chi connectivity index (χ3v) is 3.92. The molecule has 2 nitrogen and oxygen atoms in total. The van der Waals surface area contributed by atoms with Crippen LogP contribution in [0, 0.1) is 5.92 Å². The fraction of sp³-hybridized carbons (Fsp3) is 0.267. The van der Waals surface area contributed by atoms with E-state index >= 15 is 0 Å². The number of rotatable bonds is 2. The van der Waals surface area contributed by atoms with Crippen molar-refractivity contribution in [2.24, 2.45) is 5.92 Å². The lowest BCUT2D eigenvalue weighted by molar-refractivity contribution is -0.117. The number of hydrogen-bond acceptors (Lipinski definition) is 1. The van der Waals surface area contributed by atoms with Gasteiger partial charge in [0.25, 0.3) is 0 Å². The number of fused-ring (bicyclic) bond motifs is 1. The molecule has 92 valence electrons. The minimum atomic E-state index is 0.178. The molecule has 1 aliphatic rings. The van der Waals surface area contributed by atoms with Crippen LogP contribution in [0.2, 0.25) is 0 Å². The molecule has 3 rings (SSSR count). The van der Waals surface area contributed by atoms with Gasteiger partial charge in [-0.2, -0.15) is 0 Å². The first kappa shape index (κ1) is 11.5. The average molecular weight is 260 g/mol. The summed E-state index contributed by atoms with van der Waals surface area (Å²) in [5.41, 5.74) is 1.01. The summed E-state index contributed by atoms with van der Waals surface area (Å²) in [6.07, 6.45) is 0.562. The molecule has 1 aliphatic heterocycles. The van der Waals surface area contributed by atoms with Gasteiger partial charge in [0.05, 0.1) is 5.69 Å². The summed E-state index contributed by atoms with van der Waals surface area (Å²) in [5, 5.41) is 2.29. The smallest absolute Gasteiger partial charge is 0.227 e. The van der Waals surface area contributed by atoms with Gasteiger partial charge >= 0.3 is 0 Å². The van der Waals surface area contributed by atoms with Crippen molar-refractivity contribution in [3.8, 4) is 0 Å². The quantitative estimate of drug-likeness (QED) is 0.757. The van der Waals surface area contributed by atoms with Crippen LogP contribution in [0.15, 0.2) is 42.5 Å². The van der Waals surface area contributed by atoms with E-state index in [1.54, 1.807) is 0 Å². The number of anilines is 1. The number of amides is 1. The van der Waals surface area contributed by atoms with E-state index in [-0.39, 0.29) is 11.8 Å². The molecule has 1 heterocycles. The summed E-state index contributed by atoms with van der Waals surface area (Å²) >= 11 is 5.87. The Labute approximate surface area is 111 Å². The van der Waals surface area contributed by atoms with Crippen molar-refractivity contribution in [3.63, 3.8) is 0 Å². The van der Waals surface area contributed by atoms with E-state index in [2.05, 4.69) is 18.2 Å². The van der Waals surface area contributed by atoms with Crippen LogP contribution < -0.4 is 4.90 Å². The SMILES string of the molecule is O=C1CC(CCl)CN1c1cccc2ccccc12. The maximum atomic E-state index is 12.1. The van der Waals surface area contributed by atoms with Crippen molar-refractivity contribution in [2.45, 2.75) is 6.42 Å². The Morgan fingerprint density at radius 3 is 2.72 bits per heavy atom. The van der Waals surface area contributed by atoms with Crippen molar-refractivity contribution >= 4 is 34.0 Å². The standard InChI is InChI=1S/C15H14ClNO/c16-9-11-8-15(18)17(10-11)14-7-3-5-12-4-1-2-6-13(12)14/h1-7,11H,8-10H2. The second kappa shape index (κ2) is 4.62. The molecule has 0 N–H and O–H groups in total. The van der Waals surface area contributed by atoms with E-state index in [1.165, 1.54) is 0 Å². The molecule has 1 amide bonds. The fourth-order valence-corrected chi connectivity index (χ4v) is 2.77. The number of nitrogens with zero attached hydrogens (tertiary/aromatic N) is 1. The Balaban J connectivity index is 2.07. The van der Waals surface area contributed by atoms with Gasteiger partial charge < -0.3 is 4.90 Å². The van der Waals surface area contributed by atoms with Crippen LogP contribution in [0.1, 0.15) is 6.42 Å². The number of carbonyl (C=O) groups is 1. The summed E-state index contributed by atoms with van der Waals surface area (Å²) in [6.45, 7) is 0.732. The Kier molecular flexibility index (Phi) is 2.96. The van der Waals surface area contributed by atoms with Crippen molar-refractivity contribution in [1.29, 1.82) is 0 Å². The minimum Gasteiger partial charge on any atom is -0.311 e. The summed E-state index contributed by atoms with van der Waals surface area (Å²) in [4.78, 5) is 13.9. The molecule has 3 heteroatoms. The molecule has 0 spiro atoms. The van der Waals surface area contributed by atoms with E-state index in [4.69, 9.17) is 11.6 Å². The highest BCUT2D eigenvalue weighted by atomic mass is 35.5. The van der Waals surface area contributed by atoms with Crippen molar-refractivity contribution in [1.82, 2.24) is 0 Å². The maximum absolute atomic E-state index is 12.1. The van der Waals surface area contributed by atoms with Crippen molar-refractivity contribution < 1.29 is 4.79 Å². The number of alkyl halides is 1. The molecule has 0 aliphatic carbocycles. The van der Waals surface area contributed by atoms with Gasteiger partial charge in [-0.1, -0.05) is 36.4 Å². The molecule has 1 atom stereocenters. The number of halogens is 1. The predicted molar refractivity (Wildman–Crippen MR) is 75.1 cm³/mol. The first-order chi connectivity index (χ1) is 8.79. The lowest BCUT2D eigenvalue weighted by Gasteiger charge is -2.18. The van der Waals surface area contributed by atoms with Gasteiger partial charge in [-0.15, -0.1) is 11.6 Å². The van der Waals surface area contributed by atoms with Gasteiger partial charge in [0, 0.05) is 24.2 Å². The second-order valence-electron chi connectivity index (χ2n) is 4.73. The fourth-order valence-electron chi connectivity index (χ4n) is 2.56. The molecule has 1 saturated heterocycles. The van der Waals surface area contributed by atoms with Gasteiger partial charge in [-0.25, -0.2) is 0 Å². The highest BCUT2D eigenvalue weighted by molar-refractivity contribution is 6.18. The largest absolute Gasteiger partial charge is 0.311 e. The molecule has 1 fully saturated rings. The third-order valence-electron chi connectivity index (χ3n) is 3.48. The molecular weight excluding hydrogens is 246 g/mol. The second-order valence-corrected chi connectivity index (χ2v) is 5.04. The zero-order valence-corrected chi connectivity index (χ0v) is 10.7. The van der Waals surface area contributed by atoms with Gasteiger partial charge in [-0.05, 0) is 17.4 Å². The summed E-state index contributed by atoms with van der Waals surface area (Å²) in [7, 11) is 0. The van der Waals surface area contributed by atoms with Crippen molar-refractivity contribution in [3.05, 3.63) is 42.5 Å². The maximum Gasteiger partial charge on any atom is 0.227 e. The first-order valence-electron chi connectivity index (χ1n) is 6.13. The highest BCUT2D eigenvalue weighted by Gasteiger charge is 2.30. The van der Waals surface area contributed by atoms with Crippen LogP contribution in [-0.4, -0.2) is 18.3 Å². The Morgan fingerprint density at radius 2 is 1.94 bits per heavy atom. The number of carbonyl (C=O) groups excluding carboxylic acids is 1. The topological polar surface area (TPSA) is 20.3 Å². The lowest BCUT2D eigenvalue weighted by Crippen LogP contribution is -2.24. The predicted octanol–water partition coefficient (Wildman–Crippen LogP) is 3.43. The van der Waals surface area contributed by atoms with E-state index in [1.807, 2.05) is 29.2 Å². The average Bonchev–Trinajstić information content (AvgIpc) is 2.79. The van der Waals surface area contributed by atoms with Crippen LogP contribution in [0.5, 0.6) is 0 Å². The Bertz CT molecular complexity index is 591. The molecule has 0 bridgehead atoms. The summed E-state index contributed by atoms with van der Waals surface area (Å²) in [5.74, 6) is 1.00. The van der Waals surface area contributed by atoms with Gasteiger partial charge in [0.15, 0.2) is 0 Å². The normalized spacial score (nSPS) is 19.7. The zero-order valence-electron chi connectivity index (χ0n) is 9.97. The van der Waals surface area contributed by atoms with Crippen molar-refractivity contribution in [2.75, 3.05) is 17.3 Å². The highest BCUT2D eigenvalue weighted by Crippen LogP contribution is 2.31. The van der Waals surface area contributed by atoms with E-state index in [0.717, 1.165) is 23.0 Å². The van der Waals surface area contributed by atoms with Gasteiger partial charge in [0.2, 0.25) is 5.91 Å². The third kappa shape index (κ3) is 1.87. The molecule has 2 aromatic carbocycles. The molecule has 0 aromatic heterocycles. The Morgan fingerprint density at radius 1 is 1.17 bits per heavy atom. The van der Waals surface area contributed by atoms with E-state index < -0.39 is 0 Å². The molecule has 2 aromatic rings.